The number of nitrogens with zero attached hydrogens (tertiary/aromatic N) is 2. The molecule has 1 fully saturated rings. The predicted octanol–water partition coefficient (Wildman–Crippen LogP) is 2.02. The van der Waals surface area contributed by atoms with Gasteiger partial charge in [-0.15, -0.1) is 0 Å². The molecule has 1 aromatic rings. The molecule has 1 aromatic carbocycles. The van der Waals surface area contributed by atoms with Gasteiger partial charge in [-0.05, 0) is 43.0 Å². The number of nitrogens with two attached hydrogens (primary N) is 1. The molecular weight excluding hydrogens is 270 g/mol. The van der Waals surface area contributed by atoms with Gasteiger partial charge in [0.15, 0.2) is 5.75 Å². The fourth-order valence-electron chi connectivity index (χ4n) is 2.91. The number of rotatable bonds is 5. The number of piperidine rings is 1. The monoisotopic (exact) mass is 293 g/mol. The van der Waals surface area contributed by atoms with Gasteiger partial charge in [0.25, 0.3) is 0 Å². The molecule has 21 heavy (non-hydrogen) atoms. The lowest BCUT2D eigenvalue weighted by atomic mass is 9.87. The summed E-state index contributed by atoms with van der Waals surface area (Å²) >= 11 is 0. The maximum absolute atomic E-state index is 11.1. The van der Waals surface area contributed by atoms with Gasteiger partial charge in [-0.1, -0.05) is 13.0 Å². The fourth-order valence-corrected chi connectivity index (χ4v) is 2.91. The Balaban J connectivity index is 2.09. The Morgan fingerprint density at radius 2 is 2.29 bits per heavy atom. The summed E-state index contributed by atoms with van der Waals surface area (Å²) in [6.07, 6.45) is 1.13. The molecule has 6 heteroatoms. The Bertz CT molecular complexity index is 507. The summed E-state index contributed by atoms with van der Waals surface area (Å²) in [5, 5.41) is 11.1. The molecule has 1 aliphatic heterocycles. The van der Waals surface area contributed by atoms with Gasteiger partial charge in [0.2, 0.25) is 0 Å². The van der Waals surface area contributed by atoms with Gasteiger partial charge in [-0.25, -0.2) is 0 Å². The minimum absolute atomic E-state index is 0.0238. The molecule has 0 aliphatic carbocycles. The number of nitro groups is 1. The molecule has 0 amide bonds. The molecule has 6 nitrogen and oxygen atoms in total. The Hall–Kier alpha value is -1.66. The topological polar surface area (TPSA) is 81.6 Å². The highest BCUT2D eigenvalue weighted by molar-refractivity contribution is 5.48. The van der Waals surface area contributed by atoms with Crippen molar-refractivity contribution in [1.82, 2.24) is 4.90 Å². The molecule has 2 unspecified atom stereocenters. The highest BCUT2D eigenvalue weighted by atomic mass is 16.6. The van der Waals surface area contributed by atoms with Crippen LogP contribution in [0, 0.1) is 22.0 Å². The number of benzene rings is 1. The van der Waals surface area contributed by atoms with Crippen LogP contribution in [0.15, 0.2) is 18.2 Å². The van der Waals surface area contributed by atoms with Crippen molar-refractivity contribution in [3.05, 3.63) is 33.9 Å². The van der Waals surface area contributed by atoms with Crippen LogP contribution < -0.4 is 10.5 Å². The zero-order valence-corrected chi connectivity index (χ0v) is 12.6. The van der Waals surface area contributed by atoms with Gasteiger partial charge in [-0.2, -0.15) is 0 Å². The first-order chi connectivity index (χ1) is 10.0. The van der Waals surface area contributed by atoms with Crippen LogP contribution in [0.2, 0.25) is 0 Å². The zero-order valence-electron chi connectivity index (χ0n) is 12.6. The lowest BCUT2D eigenvalue weighted by Gasteiger charge is -2.36. The molecule has 2 rings (SSSR count). The summed E-state index contributed by atoms with van der Waals surface area (Å²) in [6.45, 7) is 5.62. The quantitative estimate of drug-likeness (QED) is 0.663. The van der Waals surface area contributed by atoms with Gasteiger partial charge in [-0.3, -0.25) is 15.0 Å². The summed E-state index contributed by atoms with van der Waals surface area (Å²) < 4.78 is 5.03. The molecule has 0 saturated carbocycles. The number of nitro benzene ring substituents is 1. The van der Waals surface area contributed by atoms with E-state index in [-0.39, 0.29) is 5.69 Å². The van der Waals surface area contributed by atoms with Crippen LogP contribution in [0.1, 0.15) is 18.9 Å². The first-order valence-electron chi connectivity index (χ1n) is 7.29. The molecule has 1 aliphatic rings. The number of methoxy groups -OCH3 is 1. The standard InChI is InChI=1S/C15H23N3O3/c1-11-5-6-17(10-13(11)8-16)9-12-3-4-15(21-2)14(7-12)18(19)20/h3-4,7,11,13H,5-6,8-10,16H2,1-2H3. The van der Waals surface area contributed by atoms with Crippen LogP contribution in [-0.2, 0) is 6.54 Å². The van der Waals surface area contributed by atoms with Crippen molar-refractivity contribution in [1.29, 1.82) is 0 Å². The van der Waals surface area contributed by atoms with Crippen LogP contribution in [0.4, 0.5) is 5.69 Å². The third kappa shape index (κ3) is 3.71. The summed E-state index contributed by atoms with van der Waals surface area (Å²) in [5.41, 5.74) is 6.78. The van der Waals surface area contributed by atoms with Crippen molar-refractivity contribution in [3.63, 3.8) is 0 Å². The van der Waals surface area contributed by atoms with E-state index in [4.69, 9.17) is 10.5 Å². The lowest BCUT2D eigenvalue weighted by molar-refractivity contribution is -0.385. The number of hydrogen-bond acceptors (Lipinski definition) is 5. The molecule has 1 saturated heterocycles. The molecule has 0 bridgehead atoms. The second-order valence-corrected chi connectivity index (χ2v) is 5.76. The summed E-state index contributed by atoms with van der Waals surface area (Å²) in [7, 11) is 1.44. The Morgan fingerprint density at radius 1 is 1.52 bits per heavy atom. The summed E-state index contributed by atoms with van der Waals surface area (Å²) in [6, 6.07) is 5.16. The van der Waals surface area contributed by atoms with Crippen molar-refractivity contribution < 1.29 is 9.66 Å². The average Bonchev–Trinajstić information content (AvgIpc) is 2.49. The first-order valence-corrected chi connectivity index (χ1v) is 7.29. The van der Waals surface area contributed by atoms with Crippen molar-refractivity contribution in [2.24, 2.45) is 17.6 Å². The van der Waals surface area contributed by atoms with Crippen molar-refractivity contribution >= 4 is 5.69 Å². The van der Waals surface area contributed by atoms with Gasteiger partial charge < -0.3 is 10.5 Å². The van der Waals surface area contributed by atoms with E-state index in [2.05, 4.69) is 11.8 Å². The van der Waals surface area contributed by atoms with E-state index in [1.807, 2.05) is 6.07 Å². The molecule has 0 radical (unpaired) electrons. The molecule has 0 spiro atoms. The summed E-state index contributed by atoms with van der Waals surface area (Å²) in [4.78, 5) is 13.0. The third-order valence-electron chi connectivity index (χ3n) is 4.35. The van der Waals surface area contributed by atoms with Crippen LogP contribution >= 0.6 is 0 Å². The van der Waals surface area contributed by atoms with Crippen LogP contribution in [0.3, 0.4) is 0 Å². The largest absolute Gasteiger partial charge is 0.490 e. The summed E-state index contributed by atoms with van der Waals surface area (Å²) in [5.74, 6) is 1.46. The average molecular weight is 293 g/mol. The van der Waals surface area contributed by atoms with Crippen molar-refractivity contribution in [2.45, 2.75) is 19.9 Å². The van der Waals surface area contributed by atoms with Crippen molar-refractivity contribution in [3.8, 4) is 5.75 Å². The second kappa shape index (κ2) is 6.87. The van der Waals surface area contributed by atoms with Crippen LogP contribution in [0.5, 0.6) is 5.75 Å². The Labute approximate surface area is 125 Å². The van der Waals surface area contributed by atoms with Gasteiger partial charge in [0.1, 0.15) is 0 Å². The molecule has 2 atom stereocenters. The highest BCUT2D eigenvalue weighted by Crippen LogP contribution is 2.29. The number of likely N-dealkylation sites (tertiary alicyclic amines) is 1. The maximum atomic E-state index is 11.1. The van der Waals surface area contributed by atoms with E-state index in [1.165, 1.54) is 7.11 Å². The highest BCUT2D eigenvalue weighted by Gasteiger charge is 2.25. The van der Waals surface area contributed by atoms with E-state index in [0.29, 0.717) is 30.7 Å². The minimum Gasteiger partial charge on any atom is -0.490 e. The van der Waals surface area contributed by atoms with Gasteiger partial charge in [0, 0.05) is 19.2 Å². The normalized spacial score (nSPS) is 23.0. The molecular formula is C15H23N3O3. The second-order valence-electron chi connectivity index (χ2n) is 5.76. The Kier molecular flexibility index (Phi) is 5.14. The molecule has 116 valence electrons. The van der Waals surface area contributed by atoms with E-state index in [0.717, 1.165) is 25.1 Å². The third-order valence-corrected chi connectivity index (χ3v) is 4.35. The van der Waals surface area contributed by atoms with Crippen LogP contribution in [0.25, 0.3) is 0 Å². The maximum Gasteiger partial charge on any atom is 0.311 e. The lowest BCUT2D eigenvalue weighted by Crippen LogP contribution is -2.42. The molecule has 1 heterocycles. The van der Waals surface area contributed by atoms with Gasteiger partial charge >= 0.3 is 5.69 Å². The van der Waals surface area contributed by atoms with Gasteiger partial charge in [0.05, 0.1) is 12.0 Å². The zero-order chi connectivity index (χ0) is 15.4. The number of ether oxygens (including phenoxy) is 1. The SMILES string of the molecule is COc1ccc(CN2CCC(C)C(CN)C2)cc1[N+](=O)[O-]. The smallest absolute Gasteiger partial charge is 0.311 e. The van der Waals surface area contributed by atoms with Crippen molar-refractivity contribution in [2.75, 3.05) is 26.7 Å². The Morgan fingerprint density at radius 3 is 2.90 bits per heavy atom. The van der Waals surface area contributed by atoms with E-state index in [1.54, 1.807) is 12.1 Å². The fraction of sp³-hybridized carbons (Fsp3) is 0.600. The molecule has 0 aromatic heterocycles. The molecule has 2 N–H and O–H groups in total. The first kappa shape index (κ1) is 15.7. The predicted molar refractivity (Wildman–Crippen MR) is 81.3 cm³/mol. The van der Waals surface area contributed by atoms with E-state index < -0.39 is 4.92 Å². The van der Waals surface area contributed by atoms with E-state index >= 15 is 0 Å². The van der Waals surface area contributed by atoms with Crippen LogP contribution in [-0.4, -0.2) is 36.6 Å². The minimum atomic E-state index is -0.400. The van der Waals surface area contributed by atoms with E-state index in [9.17, 15) is 10.1 Å². The number of hydrogen-bond donors (Lipinski definition) is 1.